The number of methoxy groups -OCH3 is 1. The quantitative estimate of drug-likeness (QED) is 0.172. The van der Waals surface area contributed by atoms with Gasteiger partial charge in [0.05, 0.1) is 35.3 Å². The fourth-order valence-electron chi connectivity index (χ4n) is 11.1. The summed E-state index contributed by atoms with van der Waals surface area (Å²) in [7, 11) is 1.53. The van der Waals surface area contributed by atoms with E-state index >= 15 is 0 Å². The number of carbonyl (C=O) groups is 2. The zero-order valence-electron chi connectivity index (χ0n) is 34.5. The number of aliphatic imine (C=N–C) groups is 1. The van der Waals surface area contributed by atoms with E-state index in [-0.39, 0.29) is 28.7 Å². The number of esters is 1. The lowest BCUT2D eigenvalue weighted by molar-refractivity contribution is -0.158. The predicted molar refractivity (Wildman–Crippen MR) is 223 cm³/mol. The van der Waals surface area contributed by atoms with E-state index in [0.29, 0.717) is 49.0 Å². The smallest absolute Gasteiger partial charge is 0.416 e. The molecule has 59 heavy (non-hydrogen) atoms. The van der Waals surface area contributed by atoms with Gasteiger partial charge in [-0.2, -0.15) is 13.2 Å². The van der Waals surface area contributed by atoms with Crippen molar-refractivity contribution in [3.8, 4) is 0 Å². The van der Waals surface area contributed by atoms with E-state index < -0.39 is 11.7 Å². The predicted octanol–water partition coefficient (Wildman–Crippen LogP) is 9.73. The molecule has 1 amide bonds. The highest BCUT2D eigenvalue weighted by atomic mass is 19.4. The van der Waals surface area contributed by atoms with E-state index in [0.717, 1.165) is 119 Å². The summed E-state index contributed by atoms with van der Waals surface area (Å²) in [5, 5.41) is 3.80. The zero-order chi connectivity index (χ0) is 41.0. The molecule has 3 aromatic carbocycles. The van der Waals surface area contributed by atoms with Gasteiger partial charge in [-0.15, -0.1) is 0 Å². The van der Waals surface area contributed by atoms with Crippen LogP contribution in [0.5, 0.6) is 0 Å². The van der Waals surface area contributed by atoms with Gasteiger partial charge in [0.1, 0.15) is 0 Å². The number of fused-ring (bicyclic) bond motifs is 1. The summed E-state index contributed by atoms with van der Waals surface area (Å²) in [5.74, 6) is 1.05. The number of halogens is 3. The number of rotatable bonds is 9. The maximum atomic E-state index is 13.9. The van der Waals surface area contributed by atoms with Crippen LogP contribution < -0.4 is 5.32 Å². The molecule has 0 spiro atoms. The van der Waals surface area contributed by atoms with Crippen molar-refractivity contribution in [3.63, 3.8) is 0 Å². The summed E-state index contributed by atoms with van der Waals surface area (Å²) < 4.78 is 50.4. The van der Waals surface area contributed by atoms with Crippen LogP contribution in [0.3, 0.4) is 0 Å². The third kappa shape index (κ3) is 8.90. The van der Waals surface area contributed by atoms with Gasteiger partial charge in [0.15, 0.2) is 0 Å². The summed E-state index contributed by atoms with van der Waals surface area (Å²) in [6.45, 7) is 2.49. The molecule has 6 aliphatic rings. The average Bonchev–Trinajstić information content (AvgIpc) is 3.84. The first-order valence-corrected chi connectivity index (χ1v) is 22.2. The number of benzene rings is 3. The average molecular weight is 812 g/mol. The second kappa shape index (κ2) is 17.9. The molecule has 5 fully saturated rings. The maximum absolute atomic E-state index is 13.9. The number of amides is 1. The van der Waals surface area contributed by atoms with Crippen molar-refractivity contribution in [2.45, 2.75) is 127 Å². The van der Waals surface area contributed by atoms with Crippen LogP contribution in [0, 0.1) is 22.7 Å². The fraction of sp³-hybridized carbons (Fsp3) is 0.571. The van der Waals surface area contributed by atoms with Crippen LogP contribution >= 0.6 is 0 Å². The highest BCUT2D eigenvalue weighted by Gasteiger charge is 2.55. The Kier molecular flexibility index (Phi) is 12.7. The Morgan fingerprint density at radius 2 is 1.39 bits per heavy atom. The molecule has 0 radical (unpaired) electrons. The van der Waals surface area contributed by atoms with Crippen LogP contribution in [0.25, 0.3) is 0 Å². The topological polar surface area (TPSA) is 80.2 Å². The number of nitrogens with one attached hydrogen (secondary N) is 1. The number of carbonyl (C=O) groups excluding carboxylic acids is 2. The molecule has 4 atom stereocenters. The highest BCUT2D eigenvalue weighted by Crippen LogP contribution is 2.55. The molecule has 3 aromatic rings. The van der Waals surface area contributed by atoms with E-state index in [1.807, 2.05) is 17.0 Å². The van der Waals surface area contributed by atoms with Gasteiger partial charge in [-0.05, 0) is 119 Å². The van der Waals surface area contributed by atoms with E-state index in [1.165, 1.54) is 26.0 Å². The van der Waals surface area contributed by atoms with Gasteiger partial charge >= 0.3 is 12.1 Å². The van der Waals surface area contributed by atoms with Gasteiger partial charge in [0.25, 0.3) is 0 Å². The fourth-order valence-corrected chi connectivity index (χ4v) is 11.1. The summed E-state index contributed by atoms with van der Waals surface area (Å²) in [6, 6.07) is 25.7. The van der Waals surface area contributed by atoms with Crippen LogP contribution in [0.15, 0.2) is 83.9 Å². The van der Waals surface area contributed by atoms with Crippen LogP contribution in [0.2, 0.25) is 0 Å². The van der Waals surface area contributed by atoms with Gasteiger partial charge in [-0.25, -0.2) is 0 Å². The maximum Gasteiger partial charge on any atom is 0.416 e. The Hall–Kier alpha value is -4.02. The zero-order valence-corrected chi connectivity index (χ0v) is 34.5. The molecule has 9 rings (SSSR count). The first-order valence-electron chi connectivity index (χ1n) is 22.2. The molecule has 4 saturated carbocycles. The van der Waals surface area contributed by atoms with Gasteiger partial charge < -0.3 is 19.7 Å². The molecule has 1 unspecified atom stereocenters. The second-order valence-corrected chi connectivity index (χ2v) is 18.1. The van der Waals surface area contributed by atoms with Crippen molar-refractivity contribution in [2.24, 2.45) is 27.7 Å². The number of hydrogen-bond acceptors (Lipinski definition) is 6. The Morgan fingerprint density at radius 1 is 0.763 bits per heavy atom. The molecule has 10 heteroatoms. The molecule has 2 aliphatic heterocycles. The van der Waals surface area contributed by atoms with Crippen LogP contribution in [0.4, 0.5) is 13.2 Å². The van der Waals surface area contributed by atoms with Crippen molar-refractivity contribution < 1.29 is 32.2 Å². The summed E-state index contributed by atoms with van der Waals surface area (Å²) in [6.07, 6.45) is 10.6. The molecule has 0 bridgehead atoms. The van der Waals surface area contributed by atoms with Crippen molar-refractivity contribution in [1.82, 2.24) is 10.2 Å². The van der Waals surface area contributed by atoms with Crippen molar-refractivity contribution >= 4 is 17.6 Å². The molecule has 0 aromatic heterocycles. The molecule has 2 heterocycles. The third-order valence-electron chi connectivity index (χ3n) is 14.8. The first kappa shape index (κ1) is 41.7. The second-order valence-electron chi connectivity index (χ2n) is 18.1. The van der Waals surface area contributed by atoms with Gasteiger partial charge in [0.2, 0.25) is 5.91 Å². The summed E-state index contributed by atoms with van der Waals surface area (Å²) in [4.78, 5) is 33.6. The monoisotopic (exact) mass is 811 g/mol. The minimum absolute atomic E-state index is 0.0223. The minimum atomic E-state index is -4.36. The van der Waals surface area contributed by atoms with Crippen molar-refractivity contribution in [1.29, 1.82) is 0 Å². The van der Waals surface area contributed by atoms with Crippen LogP contribution in [-0.4, -0.2) is 67.5 Å². The Balaban J connectivity index is 0.000000167. The molecule has 4 aliphatic carbocycles. The Morgan fingerprint density at radius 3 is 1.98 bits per heavy atom. The van der Waals surface area contributed by atoms with E-state index in [4.69, 9.17) is 14.5 Å². The number of alkyl halides is 3. The highest BCUT2D eigenvalue weighted by molar-refractivity contribution is 6.13. The standard InChI is InChI=1S/C25H33F3N2O2.C24H27NO2/c26-25(27,28)20-5-4-17-7-11-30(16-18(17)14-20)23(31)24(19-2-1-3-19)10-6-22(15-24)29-21-8-12-32-13-9-21;1-27-23(26)24(20-13-8-14-20)16-15-21(17-24)25-22(18-9-4-2-5-10-18)19-11-6-3-7-12-19/h4-5,14,19,21-22,29H,1-3,6-13,15-16H2;2-7,9-12,20-21H,8,13-17H2,1H3/t22-,24+;21-,24?/m11/s1. The molecule has 1 N–H and O–H groups in total. The van der Waals surface area contributed by atoms with Gasteiger partial charge in [-0.3, -0.25) is 14.6 Å². The molecule has 7 nitrogen and oxygen atoms in total. The van der Waals surface area contributed by atoms with Crippen molar-refractivity contribution in [3.05, 3.63) is 107 Å². The molecule has 316 valence electrons. The van der Waals surface area contributed by atoms with Crippen LogP contribution in [0.1, 0.15) is 118 Å². The number of hydrogen-bond donors (Lipinski definition) is 1. The number of nitrogens with zero attached hydrogens (tertiary/aromatic N) is 2. The van der Waals surface area contributed by atoms with E-state index in [1.54, 1.807) is 6.07 Å². The summed E-state index contributed by atoms with van der Waals surface area (Å²) >= 11 is 0. The Bertz CT molecular complexity index is 1900. The molecule has 1 saturated heterocycles. The van der Waals surface area contributed by atoms with Gasteiger partial charge in [-0.1, -0.05) is 79.6 Å². The Labute approximate surface area is 347 Å². The first-order chi connectivity index (χ1) is 28.6. The van der Waals surface area contributed by atoms with E-state index in [2.05, 4.69) is 53.8 Å². The number of ether oxygens (including phenoxy) is 2. The lowest BCUT2D eigenvalue weighted by Crippen LogP contribution is -2.51. The van der Waals surface area contributed by atoms with Gasteiger partial charge in [0, 0.05) is 49.5 Å². The molecular formula is C49H60F3N3O4. The SMILES string of the molecule is COC(=O)C1(C2CCC2)CC[C@@H](N=C(c2ccccc2)c2ccccc2)C1.O=C(N1CCc2ccc(C(F)(F)F)cc2C1)[C@@]1(C2CCC2)CC[C@@H](NC2CCOCC2)C1. The lowest BCUT2D eigenvalue weighted by atomic mass is 9.63. The lowest BCUT2D eigenvalue weighted by Gasteiger charge is -2.45. The van der Waals surface area contributed by atoms with Crippen molar-refractivity contribution in [2.75, 3.05) is 26.9 Å². The largest absolute Gasteiger partial charge is 0.469 e. The minimum Gasteiger partial charge on any atom is -0.469 e. The summed E-state index contributed by atoms with van der Waals surface area (Å²) in [5.41, 5.74) is 3.57. The third-order valence-corrected chi connectivity index (χ3v) is 14.8. The normalized spacial score (nSPS) is 27.4. The molecular weight excluding hydrogens is 752 g/mol. The van der Waals surface area contributed by atoms with E-state index in [9.17, 15) is 22.8 Å². The van der Waals surface area contributed by atoms with Crippen LogP contribution in [-0.2, 0) is 38.2 Å².